The molecule has 5 heteroatoms. The van der Waals surface area contributed by atoms with Crippen LogP contribution in [-0.2, 0) is 11.3 Å². The lowest BCUT2D eigenvalue weighted by Crippen LogP contribution is -2.03. The average molecular weight is 178 g/mol. The first-order valence-corrected chi connectivity index (χ1v) is 4.10. The van der Waals surface area contributed by atoms with Gasteiger partial charge in [0.15, 0.2) is 5.69 Å². The Morgan fingerprint density at radius 1 is 1.62 bits per heavy atom. The highest BCUT2D eigenvalue weighted by Gasteiger charge is 2.00. The molecule has 0 saturated heterocycles. The van der Waals surface area contributed by atoms with E-state index < -0.39 is 0 Å². The van der Waals surface area contributed by atoms with Gasteiger partial charge in [-0.15, -0.1) is 5.10 Å². The quantitative estimate of drug-likeness (QED) is 0.486. The summed E-state index contributed by atoms with van der Waals surface area (Å²) in [7, 11) is 0. The molecule has 0 atom stereocenters. The maximum absolute atomic E-state index is 10.0. The van der Waals surface area contributed by atoms with Crippen LogP contribution in [0.2, 0.25) is 0 Å². The van der Waals surface area contributed by atoms with Crippen LogP contribution in [0.15, 0.2) is 6.20 Å². The summed E-state index contributed by atoms with van der Waals surface area (Å²) in [5.74, 6) is 0. The van der Waals surface area contributed by atoms with Crippen molar-refractivity contribution in [3.8, 4) is 6.07 Å². The van der Waals surface area contributed by atoms with Crippen molar-refractivity contribution in [3.05, 3.63) is 11.9 Å². The number of hydrogen-bond acceptors (Lipinski definition) is 4. The lowest BCUT2D eigenvalue weighted by Gasteiger charge is -1.98. The molecule has 0 aliphatic carbocycles. The SMILES string of the molecule is N#Cc1cnnn1CCCCC=O. The van der Waals surface area contributed by atoms with Gasteiger partial charge in [-0.2, -0.15) is 5.26 Å². The zero-order valence-electron chi connectivity index (χ0n) is 7.18. The molecule has 0 fully saturated rings. The molecule has 1 rings (SSSR count). The molecule has 1 aromatic heterocycles. The molecule has 0 radical (unpaired) electrons. The van der Waals surface area contributed by atoms with Crippen LogP contribution in [0.5, 0.6) is 0 Å². The van der Waals surface area contributed by atoms with Crippen molar-refractivity contribution in [2.75, 3.05) is 0 Å². The van der Waals surface area contributed by atoms with Gasteiger partial charge in [0.1, 0.15) is 12.4 Å². The van der Waals surface area contributed by atoms with Crippen LogP contribution in [0.4, 0.5) is 0 Å². The summed E-state index contributed by atoms with van der Waals surface area (Å²) in [5.41, 5.74) is 0.464. The summed E-state index contributed by atoms with van der Waals surface area (Å²) in [6.45, 7) is 0.650. The highest BCUT2D eigenvalue weighted by molar-refractivity contribution is 5.48. The molecule has 0 N–H and O–H groups in total. The van der Waals surface area contributed by atoms with E-state index in [1.165, 1.54) is 6.20 Å². The van der Waals surface area contributed by atoms with Crippen molar-refractivity contribution in [3.63, 3.8) is 0 Å². The topological polar surface area (TPSA) is 71.6 Å². The molecule has 0 spiro atoms. The Labute approximate surface area is 76.0 Å². The lowest BCUT2D eigenvalue weighted by atomic mass is 10.2. The summed E-state index contributed by atoms with van der Waals surface area (Å²) >= 11 is 0. The normalized spacial score (nSPS) is 9.46. The van der Waals surface area contributed by atoms with E-state index in [0.29, 0.717) is 18.7 Å². The first-order valence-electron chi connectivity index (χ1n) is 4.10. The Kier molecular flexibility index (Phi) is 3.64. The third kappa shape index (κ3) is 2.67. The zero-order valence-corrected chi connectivity index (χ0v) is 7.18. The lowest BCUT2D eigenvalue weighted by molar-refractivity contribution is -0.107. The fraction of sp³-hybridized carbons (Fsp3) is 0.500. The number of hydrogen-bond donors (Lipinski definition) is 0. The van der Waals surface area contributed by atoms with Crippen molar-refractivity contribution >= 4 is 6.29 Å². The summed E-state index contributed by atoms with van der Waals surface area (Å²) in [6, 6.07) is 1.98. The number of nitriles is 1. The summed E-state index contributed by atoms with van der Waals surface area (Å²) in [4.78, 5) is 10.0. The highest BCUT2D eigenvalue weighted by atomic mass is 16.1. The molecule has 0 bridgehead atoms. The van der Waals surface area contributed by atoms with E-state index in [0.717, 1.165) is 19.1 Å². The van der Waals surface area contributed by atoms with Crippen LogP contribution in [0.25, 0.3) is 0 Å². The first-order chi connectivity index (χ1) is 6.38. The Morgan fingerprint density at radius 2 is 2.46 bits per heavy atom. The first kappa shape index (κ1) is 9.39. The van der Waals surface area contributed by atoms with Gasteiger partial charge in [-0.1, -0.05) is 5.21 Å². The van der Waals surface area contributed by atoms with E-state index in [4.69, 9.17) is 5.26 Å². The average Bonchev–Trinajstić information content (AvgIpc) is 2.60. The van der Waals surface area contributed by atoms with Crippen LogP contribution in [0.3, 0.4) is 0 Å². The van der Waals surface area contributed by atoms with Crippen LogP contribution in [-0.4, -0.2) is 21.3 Å². The van der Waals surface area contributed by atoms with Gasteiger partial charge >= 0.3 is 0 Å². The van der Waals surface area contributed by atoms with Crippen molar-refractivity contribution in [2.45, 2.75) is 25.8 Å². The van der Waals surface area contributed by atoms with Gasteiger partial charge in [-0.05, 0) is 12.8 Å². The number of nitrogens with zero attached hydrogens (tertiary/aromatic N) is 4. The van der Waals surface area contributed by atoms with Crippen molar-refractivity contribution < 1.29 is 4.79 Å². The fourth-order valence-corrected chi connectivity index (χ4v) is 0.999. The van der Waals surface area contributed by atoms with Gasteiger partial charge in [-0.3, -0.25) is 0 Å². The molecule has 68 valence electrons. The number of aldehydes is 1. The molecule has 0 saturated carbocycles. The van der Waals surface area contributed by atoms with Crippen LogP contribution >= 0.6 is 0 Å². The number of carbonyl (C=O) groups is 1. The van der Waals surface area contributed by atoms with Crippen molar-refractivity contribution in [1.82, 2.24) is 15.0 Å². The Balaban J connectivity index is 2.37. The van der Waals surface area contributed by atoms with E-state index >= 15 is 0 Å². The second-order valence-electron chi connectivity index (χ2n) is 2.62. The van der Waals surface area contributed by atoms with Gasteiger partial charge in [0, 0.05) is 13.0 Å². The number of unbranched alkanes of at least 4 members (excludes halogenated alkanes) is 2. The maximum atomic E-state index is 10.0. The molecule has 1 aromatic rings. The maximum Gasteiger partial charge on any atom is 0.158 e. The van der Waals surface area contributed by atoms with E-state index in [2.05, 4.69) is 10.3 Å². The van der Waals surface area contributed by atoms with Gasteiger partial charge in [0.05, 0.1) is 6.20 Å². The number of aromatic nitrogens is 3. The molecule has 0 amide bonds. The minimum absolute atomic E-state index is 0.464. The standard InChI is InChI=1S/C8H10N4O/c9-6-8-7-10-11-12(8)4-2-1-3-5-13/h5,7H,1-4H2. The molecular formula is C8H10N4O. The zero-order chi connectivity index (χ0) is 9.52. The van der Waals surface area contributed by atoms with Crippen molar-refractivity contribution in [1.29, 1.82) is 5.26 Å². The second-order valence-corrected chi connectivity index (χ2v) is 2.62. The Hall–Kier alpha value is -1.70. The predicted molar refractivity (Wildman–Crippen MR) is 44.7 cm³/mol. The molecular weight excluding hydrogens is 168 g/mol. The number of carbonyl (C=O) groups excluding carboxylic acids is 1. The molecule has 0 aliphatic heterocycles. The molecule has 1 heterocycles. The molecule has 0 aromatic carbocycles. The number of aryl methyl sites for hydroxylation is 1. The van der Waals surface area contributed by atoms with E-state index in [1.807, 2.05) is 6.07 Å². The largest absolute Gasteiger partial charge is 0.303 e. The molecule has 0 aliphatic rings. The third-order valence-corrected chi connectivity index (χ3v) is 1.67. The smallest absolute Gasteiger partial charge is 0.158 e. The molecule has 13 heavy (non-hydrogen) atoms. The Morgan fingerprint density at radius 3 is 3.15 bits per heavy atom. The summed E-state index contributed by atoms with van der Waals surface area (Å²) in [5, 5.41) is 16.0. The summed E-state index contributed by atoms with van der Waals surface area (Å²) in [6.07, 6.45) is 4.56. The van der Waals surface area contributed by atoms with Crippen LogP contribution < -0.4 is 0 Å². The van der Waals surface area contributed by atoms with E-state index in [9.17, 15) is 4.79 Å². The van der Waals surface area contributed by atoms with Crippen LogP contribution in [0, 0.1) is 11.3 Å². The van der Waals surface area contributed by atoms with Crippen molar-refractivity contribution in [2.24, 2.45) is 0 Å². The Bertz CT molecular complexity index is 312. The predicted octanol–water partition coefficient (Wildman–Crippen LogP) is 0.519. The van der Waals surface area contributed by atoms with Gasteiger partial charge < -0.3 is 4.79 Å². The summed E-state index contributed by atoms with van der Waals surface area (Å²) < 4.78 is 1.55. The third-order valence-electron chi connectivity index (χ3n) is 1.67. The minimum atomic E-state index is 0.464. The second kappa shape index (κ2) is 5.04. The van der Waals surface area contributed by atoms with Gasteiger partial charge in [0.2, 0.25) is 0 Å². The van der Waals surface area contributed by atoms with E-state index in [1.54, 1.807) is 4.68 Å². The molecule has 5 nitrogen and oxygen atoms in total. The highest BCUT2D eigenvalue weighted by Crippen LogP contribution is 1.99. The minimum Gasteiger partial charge on any atom is -0.303 e. The fourth-order valence-electron chi connectivity index (χ4n) is 0.999. The number of rotatable bonds is 5. The monoisotopic (exact) mass is 178 g/mol. The van der Waals surface area contributed by atoms with Crippen LogP contribution in [0.1, 0.15) is 25.0 Å². The van der Waals surface area contributed by atoms with Gasteiger partial charge in [0.25, 0.3) is 0 Å². The van der Waals surface area contributed by atoms with E-state index in [-0.39, 0.29) is 0 Å². The molecule has 0 unspecified atom stereocenters. The van der Waals surface area contributed by atoms with Gasteiger partial charge in [-0.25, -0.2) is 4.68 Å².